The minimum Gasteiger partial charge on any atom is -0.497 e. The highest BCUT2D eigenvalue weighted by Crippen LogP contribution is 2.19. The molecule has 1 aromatic heterocycles. The van der Waals surface area contributed by atoms with Gasteiger partial charge in [0.15, 0.2) is 5.43 Å². The Morgan fingerprint density at radius 3 is 2.70 bits per heavy atom. The van der Waals surface area contributed by atoms with Crippen molar-refractivity contribution in [3.8, 4) is 11.3 Å². The third kappa shape index (κ3) is 2.30. The number of methoxy groups -OCH3 is 1. The van der Waals surface area contributed by atoms with Crippen LogP contribution < -0.4 is 5.43 Å². The Morgan fingerprint density at radius 2 is 1.95 bits per heavy atom. The minimum absolute atomic E-state index is 0.0274. The molecule has 20 heavy (non-hydrogen) atoms. The molecular weight excluding hydrogens is 250 g/mol. The van der Waals surface area contributed by atoms with Crippen molar-refractivity contribution < 1.29 is 4.74 Å². The van der Waals surface area contributed by atoms with Gasteiger partial charge >= 0.3 is 0 Å². The Balaban J connectivity index is 2.11. The lowest BCUT2D eigenvalue weighted by Gasteiger charge is -2.07. The van der Waals surface area contributed by atoms with E-state index in [1.165, 1.54) is 0 Å². The number of aromatic amines is 1. The van der Waals surface area contributed by atoms with E-state index >= 15 is 0 Å². The fourth-order valence-corrected chi connectivity index (χ4v) is 2.33. The highest BCUT2D eigenvalue weighted by atomic mass is 16.5. The zero-order valence-electron chi connectivity index (χ0n) is 11.2. The van der Waals surface area contributed by atoms with Crippen molar-refractivity contribution in [1.29, 1.82) is 0 Å². The van der Waals surface area contributed by atoms with Gasteiger partial charge in [0, 0.05) is 29.4 Å². The van der Waals surface area contributed by atoms with Crippen molar-refractivity contribution >= 4 is 6.08 Å². The second kappa shape index (κ2) is 5.21. The van der Waals surface area contributed by atoms with Crippen LogP contribution in [0, 0.1) is 0 Å². The van der Waals surface area contributed by atoms with Gasteiger partial charge in [-0.2, -0.15) is 0 Å². The van der Waals surface area contributed by atoms with Crippen LogP contribution in [0.1, 0.15) is 11.3 Å². The number of hydrogen-bond acceptors (Lipinski definition) is 2. The zero-order valence-corrected chi connectivity index (χ0v) is 11.2. The number of pyridine rings is 1. The van der Waals surface area contributed by atoms with E-state index in [0.717, 1.165) is 22.7 Å². The average molecular weight is 265 g/mol. The molecule has 1 heterocycles. The summed E-state index contributed by atoms with van der Waals surface area (Å²) in [4.78, 5) is 15.6. The second-order valence-electron chi connectivity index (χ2n) is 4.65. The van der Waals surface area contributed by atoms with Gasteiger partial charge in [-0.25, -0.2) is 0 Å². The van der Waals surface area contributed by atoms with Crippen LogP contribution in [0.15, 0.2) is 59.1 Å². The predicted molar refractivity (Wildman–Crippen MR) is 80.3 cm³/mol. The van der Waals surface area contributed by atoms with Gasteiger partial charge in [-0.15, -0.1) is 0 Å². The van der Waals surface area contributed by atoms with Gasteiger partial charge in [0.25, 0.3) is 0 Å². The molecule has 2 aromatic rings. The van der Waals surface area contributed by atoms with Crippen molar-refractivity contribution in [2.24, 2.45) is 0 Å². The number of fused-ring (bicyclic) bond motifs is 1. The SMILES string of the molecule is COC1=CCc2[nH]c(-c3ccccc3)cc(=O)c2C=C1. The van der Waals surface area contributed by atoms with E-state index in [4.69, 9.17) is 4.74 Å². The first-order chi connectivity index (χ1) is 9.78. The molecule has 0 saturated heterocycles. The molecule has 1 aromatic carbocycles. The van der Waals surface area contributed by atoms with Crippen LogP contribution in [0.3, 0.4) is 0 Å². The van der Waals surface area contributed by atoms with E-state index in [0.29, 0.717) is 12.0 Å². The molecule has 1 aliphatic carbocycles. The highest BCUT2D eigenvalue weighted by Gasteiger charge is 2.10. The maximum atomic E-state index is 12.3. The molecule has 0 atom stereocenters. The normalized spacial score (nSPS) is 13.3. The number of H-pyrrole nitrogens is 1. The van der Waals surface area contributed by atoms with Crippen molar-refractivity contribution in [1.82, 2.24) is 4.98 Å². The van der Waals surface area contributed by atoms with Gasteiger partial charge in [-0.05, 0) is 23.8 Å². The van der Waals surface area contributed by atoms with Gasteiger partial charge < -0.3 is 9.72 Å². The summed E-state index contributed by atoms with van der Waals surface area (Å²) in [5.41, 5.74) is 3.50. The van der Waals surface area contributed by atoms with Crippen LogP contribution >= 0.6 is 0 Å². The maximum absolute atomic E-state index is 12.3. The standard InChI is InChI=1S/C17H15NO2/c1-20-13-7-9-14-15(10-8-13)18-16(11-17(14)19)12-5-3-2-4-6-12/h2-9,11H,10H2,1H3,(H,18,19). The fraction of sp³-hybridized carbons (Fsp3) is 0.118. The van der Waals surface area contributed by atoms with E-state index < -0.39 is 0 Å². The predicted octanol–water partition coefficient (Wildman–Crippen LogP) is 3.14. The van der Waals surface area contributed by atoms with Crippen molar-refractivity contribution in [2.45, 2.75) is 6.42 Å². The molecule has 3 nitrogen and oxygen atoms in total. The number of nitrogens with one attached hydrogen (secondary N) is 1. The Labute approximate surface area is 117 Å². The summed E-state index contributed by atoms with van der Waals surface area (Å²) >= 11 is 0. The minimum atomic E-state index is 0.0274. The summed E-state index contributed by atoms with van der Waals surface area (Å²) in [6.45, 7) is 0. The molecule has 0 aliphatic heterocycles. The lowest BCUT2D eigenvalue weighted by atomic mass is 10.1. The molecule has 3 heteroatoms. The first kappa shape index (κ1) is 12.5. The molecule has 0 unspecified atom stereocenters. The molecule has 0 spiro atoms. The highest BCUT2D eigenvalue weighted by molar-refractivity contribution is 5.64. The van der Waals surface area contributed by atoms with Gasteiger partial charge in [0.05, 0.1) is 7.11 Å². The average Bonchev–Trinajstić information content (AvgIpc) is 2.70. The summed E-state index contributed by atoms with van der Waals surface area (Å²) in [6.07, 6.45) is 6.25. The number of ether oxygens (including phenoxy) is 1. The van der Waals surface area contributed by atoms with E-state index in [1.54, 1.807) is 13.2 Å². The number of benzene rings is 1. The summed E-state index contributed by atoms with van der Waals surface area (Å²) in [6, 6.07) is 11.5. The van der Waals surface area contributed by atoms with Crippen LogP contribution in [0.5, 0.6) is 0 Å². The molecule has 0 radical (unpaired) electrons. The summed E-state index contributed by atoms with van der Waals surface area (Å²) < 4.78 is 5.22. The Morgan fingerprint density at radius 1 is 1.15 bits per heavy atom. The van der Waals surface area contributed by atoms with Crippen molar-refractivity contribution in [2.75, 3.05) is 7.11 Å². The smallest absolute Gasteiger partial charge is 0.189 e. The van der Waals surface area contributed by atoms with Crippen LogP contribution in [-0.4, -0.2) is 12.1 Å². The zero-order chi connectivity index (χ0) is 13.9. The van der Waals surface area contributed by atoms with E-state index in [1.807, 2.05) is 48.6 Å². The first-order valence-corrected chi connectivity index (χ1v) is 6.52. The van der Waals surface area contributed by atoms with E-state index in [2.05, 4.69) is 4.98 Å². The van der Waals surface area contributed by atoms with Gasteiger partial charge in [0.2, 0.25) is 0 Å². The monoisotopic (exact) mass is 265 g/mol. The van der Waals surface area contributed by atoms with E-state index in [9.17, 15) is 4.79 Å². The Hall–Kier alpha value is -2.55. The van der Waals surface area contributed by atoms with Crippen molar-refractivity contribution in [3.63, 3.8) is 0 Å². The molecule has 1 aliphatic rings. The topological polar surface area (TPSA) is 42.1 Å². The molecule has 1 N–H and O–H groups in total. The van der Waals surface area contributed by atoms with Crippen LogP contribution in [0.4, 0.5) is 0 Å². The summed E-state index contributed by atoms with van der Waals surface area (Å²) in [7, 11) is 1.63. The second-order valence-corrected chi connectivity index (χ2v) is 4.65. The number of rotatable bonds is 2. The number of allylic oxidation sites excluding steroid dienone is 2. The quantitative estimate of drug-likeness (QED) is 0.906. The maximum Gasteiger partial charge on any atom is 0.189 e. The molecule has 100 valence electrons. The lowest BCUT2D eigenvalue weighted by Crippen LogP contribution is -2.10. The van der Waals surface area contributed by atoms with Crippen LogP contribution in [0.2, 0.25) is 0 Å². The first-order valence-electron chi connectivity index (χ1n) is 6.52. The molecular formula is C17H15NO2. The molecule has 0 bridgehead atoms. The third-order valence-electron chi connectivity index (χ3n) is 3.39. The largest absolute Gasteiger partial charge is 0.497 e. The van der Waals surface area contributed by atoms with Crippen LogP contribution in [-0.2, 0) is 11.2 Å². The van der Waals surface area contributed by atoms with Crippen LogP contribution in [0.25, 0.3) is 17.3 Å². The molecule has 3 rings (SSSR count). The molecule has 0 amide bonds. The van der Waals surface area contributed by atoms with E-state index in [-0.39, 0.29) is 5.43 Å². The molecule has 0 fully saturated rings. The van der Waals surface area contributed by atoms with Gasteiger partial charge in [-0.3, -0.25) is 4.79 Å². The number of aromatic nitrogens is 1. The van der Waals surface area contributed by atoms with Crippen molar-refractivity contribution in [3.05, 3.63) is 75.8 Å². The Kier molecular flexibility index (Phi) is 3.25. The number of hydrogen-bond donors (Lipinski definition) is 1. The van der Waals surface area contributed by atoms with Gasteiger partial charge in [0.1, 0.15) is 5.76 Å². The molecule has 0 saturated carbocycles. The summed E-state index contributed by atoms with van der Waals surface area (Å²) in [5.74, 6) is 0.773. The van der Waals surface area contributed by atoms with Gasteiger partial charge in [-0.1, -0.05) is 30.3 Å². The fourth-order valence-electron chi connectivity index (χ4n) is 2.33. The summed E-state index contributed by atoms with van der Waals surface area (Å²) in [5, 5.41) is 0. The Bertz CT molecular complexity index is 739. The third-order valence-corrected chi connectivity index (χ3v) is 3.39. The lowest BCUT2D eigenvalue weighted by molar-refractivity contribution is 0.306.